The summed E-state index contributed by atoms with van der Waals surface area (Å²) in [5.41, 5.74) is -0.577. The number of halogens is 1. The lowest BCUT2D eigenvalue weighted by Gasteiger charge is -2.23. The molecule has 0 aromatic rings. The van der Waals surface area contributed by atoms with Crippen LogP contribution in [0.2, 0.25) is 0 Å². The van der Waals surface area contributed by atoms with Crippen molar-refractivity contribution in [3.63, 3.8) is 0 Å². The molecule has 1 amide bonds. The van der Waals surface area contributed by atoms with Gasteiger partial charge in [-0.25, -0.2) is 4.79 Å². The van der Waals surface area contributed by atoms with Crippen molar-refractivity contribution in [2.75, 3.05) is 12.9 Å². The molecule has 130 valence electrons. The Morgan fingerprint density at radius 1 is 1.32 bits per heavy atom. The van der Waals surface area contributed by atoms with Crippen LogP contribution < -0.4 is 5.32 Å². The number of carbonyl (C=O) groups excluding carboxylic acids is 1. The lowest BCUT2D eigenvalue weighted by molar-refractivity contribution is 0.0510. The van der Waals surface area contributed by atoms with Crippen molar-refractivity contribution in [2.24, 2.45) is 5.92 Å². The summed E-state index contributed by atoms with van der Waals surface area (Å²) >= 11 is 3.25. The van der Waals surface area contributed by atoms with Crippen LogP contribution in [0.3, 0.4) is 0 Å². The summed E-state index contributed by atoms with van der Waals surface area (Å²) in [6, 6.07) is -0.285. The summed E-state index contributed by atoms with van der Waals surface area (Å²) in [5, 5.41) is 2.76. The Kier molecular flexibility index (Phi) is 8.64. The lowest BCUT2D eigenvalue weighted by Crippen LogP contribution is -2.39. The number of hydrogen-bond donors (Lipinski definition) is 1. The molecule has 0 unspecified atom stereocenters. The normalized spacial score (nSPS) is 14.8. The molecule has 1 atom stereocenters. The zero-order valence-electron chi connectivity index (χ0n) is 14.0. The largest absolute Gasteiger partial charge is 0.444 e. The minimum absolute atomic E-state index is 0.108. The van der Waals surface area contributed by atoms with Crippen molar-refractivity contribution in [1.29, 1.82) is 0 Å². The van der Waals surface area contributed by atoms with E-state index in [0.717, 1.165) is 6.26 Å². The molecule has 0 aromatic carbocycles. The van der Waals surface area contributed by atoms with Crippen LogP contribution in [0, 0.1) is 5.92 Å². The number of nitrogens with one attached hydrogen (secondary N) is 1. The van der Waals surface area contributed by atoms with E-state index in [0.29, 0.717) is 16.8 Å². The number of carbonyl (C=O) groups is 1. The zero-order chi connectivity index (χ0) is 17.6. The van der Waals surface area contributed by atoms with E-state index >= 15 is 0 Å². The molecule has 0 saturated carbocycles. The lowest BCUT2D eigenvalue weighted by atomic mass is 10.0. The highest BCUT2D eigenvalue weighted by molar-refractivity contribution is 9.11. The van der Waals surface area contributed by atoms with Crippen molar-refractivity contribution < 1.29 is 22.1 Å². The van der Waals surface area contributed by atoms with Gasteiger partial charge in [-0.1, -0.05) is 29.8 Å². The molecule has 0 heterocycles. The van der Waals surface area contributed by atoms with Crippen molar-refractivity contribution >= 4 is 32.1 Å². The molecule has 0 aliphatic carbocycles. The summed E-state index contributed by atoms with van der Waals surface area (Å²) in [6.07, 6.45) is 2.87. The standard InChI is InChI=1S/C14H26BrNO5S/c1-10(2)7-12(16-13(17)21-14(3,4)5)8-11(15)9-20-22(6,18)19/h8,10,12H,7,9H2,1-6H3,(H,16,17)/b11-8+/t12-/m0/s1. The van der Waals surface area contributed by atoms with Crippen LogP contribution in [0.1, 0.15) is 41.0 Å². The van der Waals surface area contributed by atoms with Gasteiger partial charge in [-0.3, -0.25) is 4.18 Å². The third kappa shape index (κ3) is 13.1. The summed E-state index contributed by atoms with van der Waals surface area (Å²) in [6.45, 7) is 9.31. The molecule has 6 nitrogen and oxygen atoms in total. The first-order valence-electron chi connectivity index (χ1n) is 6.98. The molecule has 22 heavy (non-hydrogen) atoms. The summed E-state index contributed by atoms with van der Waals surface area (Å²) in [4.78, 5) is 11.8. The van der Waals surface area contributed by atoms with Crippen LogP contribution >= 0.6 is 15.9 Å². The predicted molar refractivity (Wildman–Crippen MR) is 90.4 cm³/mol. The summed E-state index contributed by atoms with van der Waals surface area (Å²) in [7, 11) is -3.51. The topological polar surface area (TPSA) is 81.7 Å². The number of rotatable bonds is 7. The quantitative estimate of drug-likeness (QED) is 0.664. The Morgan fingerprint density at radius 2 is 1.86 bits per heavy atom. The predicted octanol–water partition coefficient (Wildman–Crippen LogP) is 3.18. The first-order valence-corrected chi connectivity index (χ1v) is 9.59. The third-order valence-electron chi connectivity index (χ3n) is 2.22. The van der Waals surface area contributed by atoms with Gasteiger partial charge in [0.25, 0.3) is 10.1 Å². The molecule has 0 aromatic heterocycles. The molecule has 1 N–H and O–H groups in total. The molecule has 0 saturated heterocycles. The Hall–Kier alpha value is -0.600. The minimum Gasteiger partial charge on any atom is -0.444 e. The van der Waals surface area contributed by atoms with Crippen LogP contribution in [-0.4, -0.2) is 39.0 Å². The fraction of sp³-hybridized carbons (Fsp3) is 0.786. The van der Waals surface area contributed by atoms with Crippen molar-refractivity contribution in [3.8, 4) is 0 Å². The summed E-state index contributed by atoms with van der Waals surface area (Å²) in [5.74, 6) is 0.340. The fourth-order valence-electron chi connectivity index (χ4n) is 1.57. The monoisotopic (exact) mass is 399 g/mol. The van der Waals surface area contributed by atoms with E-state index in [9.17, 15) is 13.2 Å². The molecule has 8 heteroatoms. The van der Waals surface area contributed by atoms with Gasteiger partial charge in [0.1, 0.15) is 5.60 Å². The maximum atomic E-state index is 11.8. The minimum atomic E-state index is -3.51. The van der Waals surface area contributed by atoms with Gasteiger partial charge in [0.2, 0.25) is 0 Å². The van der Waals surface area contributed by atoms with Crippen molar-refractivity contribution in [2.45, 2.75) is 52.7 Å². The van der Waals surface area contributed by atoms with Gasteiger partial charge in [-0.2, -0.15) is 8.42 Å². The maximum Gasteiger partial charge on any atom is 0.408 e. The molecular weight excluding hydrogens is 374 g/mol. The second kappa shape index (κ2) is 8.88. The highest BCUT2D eigenvalue weighted by Gasteiger charge is 2.19. The zero-order valence-corrected chi connectivity index (χ0v) is 16.4. The number of amides is 1. The van der Waals surface area contributed by atoms with Gasteiger partial charge < -0.3 is 10.1 Å². The van der Waals surface area contributed by atoms with Gasteiger partial charge in [0, 0.05) is 4.48 Å². The molecular formula is C14H26BrNO5S. The van der Waals surface area contributed by atoms with Crippen LogP contribution in [-0.2, 0) is 19.0 Å². The van der Waals surface area contributed by atoms with E-state index < -0.39 is 21.8 Å². The van der Waals surface area contributed by atoms with Crippen LogP contribution in [0.15, 0.2) is 10.6 Å². The van der Waals surface area contributed by atoms with Gasteiger partial charge in [-0.05, 0) is 39.2 Å². The second-order valence-corrected chi connectivity index (χ2v) is 9.12. The van der Waals surface area contributed by atoms with Crippen LogP contribution in [0.4, 0.5) is 4.79 Å². The molecule has 0 aliphatic rings. The maximum absolute atomic E-state index is 11.8. The van der Waals surface area contributed by atoms with Crippen LogP contribution in [0.5, 0.6) is 0 Å². The molecule has 0 radical (unpaired) electrons. The van der Waals surface area contributed by atoms with E-state index in [1.807, 2.05) is 13.8 Å². The van der Waals surface area contributed by atoms with E-state index in [1.54, 1.807) is 26.8 Å². The third-order valence-corrected chi connectivity index (χ3v) is 3.26. The Balaban J connectivity index is 4.79. The number of ether oxygens (including phenoxy) is 1. The first kappa shape index (κ1) is 21.4. The highest BCUT2D eigenvalue weighted by atomic mass is 79.9. The average Bonchev–Trinajstić information content (AvgIpc) is 2.21. The summed E-state index contributed by atoms with van der Waals surface area (Å²) < 4.78 is 32.4. The van der Waals surface area contributed by atoms with Crippen LogP contribution in [0.25, 0.3) is 0 Å². The molecule has 0 aliphatic heterocycles. The average molecular weight is 400 g/mol. The number of alkyl carbamates (subject to hydrolysis) is 1. The molecule has 0 bridgehead atoms. The van der Waals surface area contributed by atoms with Gasteiger partial charge in [0.15, 0.2) is 0 Å². The second-order valence-electron chi connectivity index (χ2n) is 6.46. The van der Waals surface area contributed by atoms with Gasteiger partial charge in [0.05, 0.1) is 18.9 Å². The molecule has 0 spiro atoms. The van der Waals surface area contributed by atoms with Gasteiger partial charge >= 0.3 is 6.09 Å². The van der Waals surface area contributed by atoms with Crippen molar-refractivity contribution in [3.05, 3.63) is 10.6 Å². The Morgan fingerprint density at radius 3 is 2.27 bits per heavy atom. The Bertz CT molecular complexity index is 494. The molecule has 0 fully saturated rings. The van der Waals surface area contributed by atoms with E-state index in [1.165, 1.54) is 0 Å². The molecule has 0 rings (SSSR count). The fourth-order valence-corrected chi connectivity index (χ4v) is 2.49. The van der Waals surface area contributed by atoms with E-state index in [-0.39, 0.29) is 12.6 Å². The van der Waals surface area contributed by atoms with Gasteiger partial charge in [-0.15, -0.1) is 0 Å². The van der Waals surface area contributed by atoms with Crippen molar-refractivity contribution in [1.82, 2.24) is 5.32 Å². The van der Waals surface area contributed by atoms with E-state index in [4.69, 9.17) is 8.92 Å². The number of hydrogen-bond acceptors (Lipinski definition) is 5. The van der Waals surface area contributed by atoms with E-state index in [2.05, 4.69) is 21.2 Å². The Labute approximate surface area is 141 Å². The first-order chi connectivity index (χ1) is 9.78. The smallest absolute Gasteiger partial charge is 0.408 e. The highest BCUT2D eigenvalue weighted by Crippen LogP contribution is 2.14. The SMILES string of the molecule is CC(C)C[C@@H](/C=C(/Br)COS(C)(=O)=O)NC(=O)OC(C)(C)C.